The van der Waals surface area contributed by atoms with Crippen LogP contribution in [0.1, 0.15) is 49.7 Å². The third-order valence-electron chi connectivity index (χ3n) is 6.68. The molecular weight excluding hydrogens is 298 g/mol. The molecule has 1 aromatic carbocycles. The molecule has 130 valence electrons. The van der Waals surface area contributed by atoms with E-state index in [4.69, 9.17) is 4.74 Å². The van der Waals surface area contributed by atoms with Gasteiger partial charge in [-0.1, -0.05) is 17.7 Å². The molecule has 0 unspecified atom stereocenters. The fraction of sp³-hybridized carbons (Fsp3) is 0.667. The standard InChI is InChI=1S/C21H29NO2/c1-14-4-5-19(24-3)18(6-14)13-22(2)20(23)21-10-15-7-16(11-21)9-17(8-15)12-21/h4-6,15-17H,7-13H2,1-3H3. The normalized spacial score (nSPS) is 33.5. The molecule has 3 nitrogen and oxygen atoms in total. The Hall–Kier alpha value is -1.51. The number of methoxy groups -OCH3 is 1. The molecule has 0 aromatic heterocycles. The minimum Gasteiger partial charge on any atom is -0.496 e. The summed E-state index contributed by atoms with van der Waals surface area (Å²) in [6.07, 6.45) is 7.53. The SMILES string of the molecule is COc1ccc(C)cc1CN(C)C(=O)C12CC3CC(CC(C3)C1)C2. The van der Waals surface area contributed by atoms with Crippen LogP contribution in [-0.4, -0.2) is 25.0 Å². The number of aryl methyl sites for hydroxylation is 1. The quantitative estimate of drug-likeness (QED) is 0.830. The number of ether oxygens (including phenoxy) is 1. The second-order valence-electron chi connectivity index (χ2n) is 8.67. The molecule has 0 aliphatic heterocycles. The van der Waals surface area contributed by atoms with Crippen molar-refractivity contribution >= 4 is 5.91 Å². The predicted molar refractivity (Wildman–Crippen MR) is 94.8 cm³/mol. The van der Waals surface area contributed by atoms with Crippen LogP contribution in [0.4, 0.5) is 0 Å². The van der Waals surface area contributed by atoms with Crippen LogP contribution in [0.15, 0.2) is 18.2 Å². The number of hydrogen-bond donors (Lipinski definition) is 0. The van der Waals surface area contributed by atoms with Crippen LogP contribution in [0, 0.1) is 30.1 Å². The topological polar surface area (TPSA) is 29.5 Å². The van der Waals surface area contributed by atoms with Crippen LogP contribution in [0.25, 0.3) is 0 Å². The van der Waals surface area contributed by atoms with Crippen molar-refractivity contribution in [3.05, 3.63) is 29.3 Å². The average molecular weight is 327 g/mol. The third kappa shape index (κ3) is 2.62. The number of hydrogen-bond acceptors (Lipinski definition) is 2. The number of amides is 1. The molecule has 3 heteroatoms. The zero-order chi connectivity index (χ0) is 16.9. The third-order valence-corrected chi connectivity index (χ3v) is 6.68. The zero-order valence-electron chi connectivity index (χ0n) is 15.2. The van der Waals surface area contributed by atoms with Crippen molar-refractivity contribution in [1.82, 2.24) is 4.90 Å². The molecule has 0 N–H and O–H groups in total. The van der Waals surface area contributed by atoms with Crippen molar-refractivity contribution in [2.45, 2.75) is 52.0 Å². The Balaban J connectivity index is 1.54. The Kier molecular flexibility index (Phi) is 3.85. The highest BCUT2D eigenvalue weighted by molar-refractivity contribution is 5.83. The minimum atomic E-state index is -0.0550. The minimum absolute atomic E-state index is 0.0550. The fourth-order valence-corrected chi connectivity index (χ4v) is 6.14. The second-order valence-corrected chi connectivity index (χ2v) is 8.67. The van der Waals surface area contributed by atoms with E-state index in [0.29, 0.717) is 12.5 Å². The van der Waals surface area contributed by atoms with Gasteiger partial charge >= 0.3 is 0 Å². The Morgan fingerprint density at radius 3 is 2.29 bits per heavy atom. The summed E-state index contributed by atoms with van der Waals surface area (Å²) in [6.45, 7) is 2.73. The first-order chi connectivity index (χ1) is 11.5. The van der Waals surface area contributed by atoms with Crippen molar-refractivity contribution in [1.29, 1.82) is 0 Å². The highest BCUT2D eigenvalue weighted by Crippen LogP contribution is 2.60. The van der Waals surface area contributed by atoms with Gasteiger partial charge in [0.05, 0.1) is 12.5 Å². The maximum atomic E-state index is 13.4. The van der Waals surface area contributed by atoms with Crippen molar-refractivity contribution in [2.75, 3.05) is 14.2 Å². The number of benzene rings is 1. The van der Waals surface area contributed by atoms with Gasteiger partial charge in [-0.05, 0) is 69.3 Å². The van der Waals surface area contributed by atoms with Gasteiger partial charge in [0.2, 0.25) is 5.91 Å². The van der Waals surface area contributed by atoms with Crippen LogP contribution in [0.5, 0.6) is 5.75 Å². The molecular formula is C21H29NO2. The van der Waals surface area contributed by atoms with Gasteiger partial charge in [0.25, 0.3) is 0 Å². The largest absolute Gasteiger partial charge is 0.496 e. The van der Waals surface area contributed by atoms with Gasteiger partial charge in [0.1, 0.15) is 5.75 Å². The van der Waals surface area contributed by atoms with E-state index >= 15 is 0 Å². The Bertz CT molecular complexity index is 616. The van der Waals surface area contributed by atoms with Gasteiger partial charge in [-0.2, -0.15) is 0 Å². The van der Waals surface area contributed by atoms with Crippen LogP contribution >= 0.6 is 0 Å². The lowest BCUT2D eigenvalue weighted by Gasteiger charge is -2.56. The van der Waals surface area contributed by atoms with Crippen molar-refractivity contribution in [3.63, 3.8) is 0 Å². The molecule has 0 spiro atoms. The highest BCUT2D eigenvalue weighted by Gasteiger charge is 2.55. The fourth-order valence-electron chi connectivity index (χ4n) is 6.14. The summed E-state index contributed by atoms with van der Waals surface area (Å²) in [5, 5.41) is 0. The molecule has 0 atom stereocenters. The first kappa shape index (κ1) is 16.0. The van der Waals surface area contributed by atoms with E-state index in [1.54, 1.807) is 7.11 Å². The van der Waals surface area contributed by atoms with Gasteiger partial charge < -0.3 is 9.64 Å². The molecule has 1 amide bonds. The highest BCUT2D eigenvalue weighted by atomic mass is 16.5. The number of carbonyl (C=O) groups is 1. The van der Waals surface area contributed by atoms with Gasteiger partial charge in [-0.3, -0.25) is 4.79 Å². The van der Waals surface area contributed by atoms with Crippen molar-refractivity contribution in [3.8, 4) is 5.75 Å². The Labute approximate surface area is 145 Å². The zero-order valence-corrected chi connectivity index (χ0v) is 15.2. The molecule has 5 rings (SSSR count). The molecule has 4 bridgehead atoms. The summed E-state index contributed by atoms with van der Waals surface area (Å²) in [7, 11) is 3.68. The van der Waals surface area contributed by atoms with Crippen molar-refractivity contribution < 1.29 is 9.53 Å². The molecule has 0 saturated heterocycles. The Morgan fingerprint density at radius 1 is 1.17 bits per heavy atom. The molecule has 24 heavy (non-hydrogen) atoms. The first-order valence-electron chi connectivity index (χ1n) is 9.38. The summed E-state index contributed by atoms with van der Waals surface area (Å²) in [4.78, 5) is 15.3. The summed E-state index contributed by atoms with van der Waals surface area (Å²) in [5.41, 5.74) is 2.26. The monoisotopic (exact) mass is 327 g/mol. The molecule has 4 saturated carbocycles. The molecule has 1 aromatic rings. The van der Waals surface area contributed by atoms with Gasteiger partial charge in [0, 0.05) is 19.2 Å². The van der Waals surface area contributed by atoms with Gasteiger partial charge in [0.15, 0.2) is 0 Å². The summed E-state index contributed by atoms with van der Waals surface area (Å²) in [6, 6.07) is 6.21. The van der Waals surface area contributed by atoms with Crippen LogP contribution in [-0.2, 0) is 11.3 Å². The van der Waals surface area contributed by atoms with E-state index in [9.17, 15) is 4.79 Å². The van der Waals surface area contributed by atoms with E-state index < -0.39 is 0 Å². The summed E-state index contributed by atoms with van der Waals surface area (Å²) < 4.78 is 5.49. The van der Waals surface area contributed by atoms with Crippen LogP contribution in [0.3, 0.4) is 0 Å². The van der Waals surface area contributed by atoms with E-state index in [-0.39, 0.29) is 5.41 Å². The maximum absolute atomic E-state index is 13.4. The van der Waals surface area contributed by atoms with E-state index in [1.165, 1.54) is 24.8 Å². The lowest BCUT2D eigenvalue weighted by molar-refractivity contribution is -0.156. The number of nitrogens with zero attached hydrogens (tertiary/aromatic N) is 1. The molecule has 0 radical (unpaired) electrons. The van der Waals surface area contributed by atoms with Gasteiger partial charge in [-0.25, -0.2) is 0 Å². The second kappa shape index (κ2) is 5.79. The molecule has 4 fully saturated rings. The van der Waals surface area contributed by atoms with Crippen LogP contribution in [0.2, 0.25) is 0 Å². The molecule has 0 heterocycles. The first-order valence-corrected chi connectivity index (χ1v) is 9.38. The van der Waals surface area contributed by atoms with Crippen LogP contribution < -0.4 is 4.74 Å². The summed E-state index contributed by atoms with van der Waals surface area (Å²) >= 11 is 0. The maximum Gasteiger partial charge on any atom is 0.228 e. The predicted octanol–water partition coefficient (Wildman–Crippen LogP) is 4.18. The lowest BCUT2D eigenvalue weighted by Crippen LogP contribution is -2.53. The van der Waals surface area contributed by atoms with E-state index in [2.05, 4.69) is 19.1 Å². The number of rotatable bonds is 4. The molecule has 4 aliphatic carbocycles. The average Bonchev–Trinajstić information content (AvgIpc) is 2.53. The number of carbonyl (C=O) groups excluding carboxylic acids is 1. The van der Waals surface area contributed by atoms with E-state index in [0.717, 1.165) is 48.3 Å². The van der Waals surface area contributed by atoms with Gasteiger partial charge in [-0.15, -0.1) is 0 Å². The Morgan fingerprint density at radius 2 is 1.75 bits per heavy atom. The molecule has 4 aliphatic rings. The lowest BCUT2D eigenvalue weighted by atomic mass is 9.49. The van der Waals surface area contributed by atoms with Crippen molar-refractivity contribution in [2.24, 2.45) is 23.2 Å². The summed E-state index contributed by atoms with van der Waals surface area (Å²) in [5.74, 6) is 3.68. The van der Waals surface area contributed by atoms with E-state index in [1.807, 2.05) is 18.0 Å². The smallest absolute Gasteiger partial charge is 0.228 e.